The van der Waals surface area contributed by atoms with Crippen molar-refractivity contribution in [1.29, 1.82) is 0 Å². The predicted molar refractivity (Wildman–Crippen MR) is 90.6 cm³/mol. The molecule has 0 aliphatic rings. The summed E-state index contributed by atoms with van der Waals surface area (Å²) in [5, 5.41) is 0. The number of carbonyl (C=O) groups excluding carboxylic acids is 1. The van der Waals surface area contributed by atoms with Gasteiger partial charge in [0.05, 0.1) is 28.4 Å². The average molecular weight is 329 g/mol. The second kappa shape index (κ2) is 8.01. The molecule has 2 aromatic rings. The highest BCUT2D eigenvalue weighted by atomic mass is 16.5. The highest BCUT2D eigenvalue weighted by Gasteiger charge is 2.18. The molecule has 0 saturated heterocycles. The Balaban J connectivity index is 2.55. The van der Waals surface area contributed by atoms with Crippen LogP contribution in [0, 0.1) is 0 Å². The van der Waals surface area contributed by atoms with Crippen LogP contribution in [0.4, 0.5) is 0 Å². The maximum atomic E-state index is 12.1. The van der Waals surface area contributed by atoms with Gasteiger partial charge in [0, 0.05) is 12.3 Å². The fraction of sp³-hybridized carbons (Fsp3) is 0.222. The van der Waals surface area contributed by atoms with Crippen LogP contribution in [0.15, 0.2) is 30.5 Å². The summed E-state index contributed by atoms with van der Waals surface area (Å²) >= 11 is 0. The van der Waals surface area contributed by atoms with Gasteiger partial charge in [0.2, 0.25) is 0 Å². The molecule has 126 valence electrons. The molecule has 1 heterocycles. The molecular weight excluding hydrogens is 310 g/mol. The third-order valence-corrected chi connectivity index (χ3v) is 3.39. The number of methoxy groups -OCH3 is 4. The second-order valence-corrected chi connectivity index (χ2v) is 4.71. The van der Waals surface area contributed by atoms with Gasteiger partial charge in [0.25, 0.3) is 0 Å². The molecule has 6 nitrogen and oxygen atoms in total. The van der Waals surface area contributed by atoms with Crippen LogP contribution in [0.3, 0.4) is 0 Å². The summed E-state index contributed by atoms with van der Waals surface area (Å²) in [6.07, 6.45) is 5.15. The summed E-state index contributed by atoms with van der Waals surface area (Å²) in [5.41, 5.74) is 1.54. The molecule has 24 heavy (non-hydrogen) atoms. The first-order valence-electron chi connectivity index (χ1n) is 7.16. The molecule has 0 spiro atoms. The third-order valence-electron chi connectivity index (χ3n) is 3.39. The SMILES string of the molecule is COC(=O)c1c(/C=C/c2ncccc2OC)cc(OC)cc1OC. The van der Waals surface area contributed by atoms with Crippen molar-refractivity contribution < 1.29 is 23.7 Å². The summed E-state index contributed by atoms with van der Waals surface area (Å²) < 4.78 is 20.7. The molecule has 0 atom stereocenters. The first-order chi connectivity index (χ1) is 11.6. The number of hydrogen-bond acceptors (Lipinski definition) is 6. The van der Waals surface area contributed by atoms with Gasteiger partial charge in [-0.15, -0.1) is 0 Å². The standard InChI is InChI=1S/C18H19NO5/c1-21-13-10-12(17(18(20)24-4)16(11-13)23-3)7-8-14-15(22-2)6-5-9-19-14/h5-11H,1-4H3/b8-7+. The van der Waals surface area contributed by atoms with Crippen LogP contribution in [0.2, 0.25) is 0 Å². The Morgan fingerprint density at radius 3 is 2.38 bits per heavy atom. The van der Waals surface area contributed by atoms with Crippen molar-refractivity contribution >= 4 is 18.1 Å². The number of carbonyl (C=O) groups is 1. The minimum Gasteiger partial charge on any atom is -0.497 e. The summed E-state index contributed by atoms with van der Waals surface area (Å²) in [6, 6.07) is 6.94. The highest BCUT2D eigenvalue weighted by molar-refractivity contribution is 5.98. The summed E-state index contributed by atoms with van der Waals surface area (Å²) in [6.45, 7) is 0. The molecule has 0 saturated carbocycles. The van der Waals surface area contributed by atoms with E-state index < -0.39 is 5.97 Å². The number of pyridine rings is 1. The Labute approximate surface area is 140 Å². The maximum Gasteiger partial charge on any atom is 0.342 e. The van der Waals surface area contributed by atoms with Crippen molar-refractivity contribution in [3.63, 3.8) is 0 Å². The monoisotopic (exact) mass is 329 g/mol. The van der Waals surface area contributed by atoms with Gasteiger partial charge in [-0.25, -0.2) is 4.79 Å². The third kappa shape index (κ3) is 3.65. The zero-order chi connectivity index (χ0) is 17.5. The van der Waals surface area contributed by atoms with E-state index in [9.17, 15) is 4.79 Å². The molecule has 2 rings (SSSR count). The van der Waals surface area contributed by atoms with Crippen molar-refractivity contribution in [2.75, 3.05) is 28.4 Å². The van der Waals surface area contributed by atoms with Gasteiger partial charge in [-0.3, -0.25) is 4.98 Å². The van der Waals surface area contributed by atoms with Crippen LogP contribution in [-0.2, 0) is 4.74 Å². The number of esters is 1. The van der Waals surface area contributed by atoms with Crippen LogP contribution < -0.4 is 14.2 Å². The minimum atomic E-state index is -0.498. The van der Waals surface area contributed by atoms with E-state index in [1.165, 1.54) is 14.2 Å². The molecular formula is C18H19NO5. The molecule has 0 unspecified atom stereocenters. The zero-order valence-corrected chi connectivity index (χ0v) is 14.0. The number of rotatable bonds is 6. The lowest BCUT2D eigenvalue weighted by atomic mass is 10.0. The van der Waals surface area contributed by atoms with Gasteiger partial charge >= 0.3 is 5.97 Å². The molecule has 0 aliphatic heterocycles. The van der Waals surface area contributed by atoms with E-state index in [1.54, 1.807) is 56.8 Å². The van der Waals surface area contributed by atoms with E-state index in [0.717, 1.165) is 0 Å². The van der Waals surface area contributed by atoms with E-state index in [4.69, 9.17) is 18.9 Å². The lowest BCUT2D eigenvalue weighted by molar-refractivity contribution is 0.0597. The van der Waals surface area contributed by atoms with Crippen molar-refractivity contribution in [2.24, 2.45) is 0 Å². The molecule has 0 bridgehead atoms. The van der Waals surface area contributed by atoms with E-state index in [-0.39, 0.29) is 0 Å². The lowest BCUT2D eigenvalue weighted by Gasteiger charge is -2.12. The van der Waals surface area contributed by atoms with Crippen LogP contribution >= 0.6 is 0 Å². The van der Waals surface area contributed by atoms with E-state index >= 15 is 0 Å². The van der Waals surface area contributed by atoms with Gasteiger partial charge in [0.15, 0.2) is 0 Å². The minimum absolute atomic E-state index is 0.312. The molecule has 0 fully saturated rings. The van der Waals surface area contributed by atoms with Crippen molar-refractivity contribution in [1.82, 2.24) is 4.98 Å². The molecule has 1 aromatic heterocycles. The molecule has 0 amide bonds. The first kappa shape index (κ1) is 17.3. The van der Waals surface area contributed by atoms with Crippen LogP contribution in [0.5, 0.6) is 17.2 Å². The highest BCUT2D eigenvalue weighted by Crippen LogP contribution is 2.31. The Kier molecular flexibility index (Phi) is 5.78. The number of aromatic nitrogens is 1. The van der Waals surface area contributed by atoms with Gasteiger partial charge < -0.3 is 18.9 Å². The van der Waals surface area contributed by atoms with Gasteiger partial charge in [-0.2, -0.15) is 0 Å². The van der Waals surface area contributed by atoms with E-state index in [0.29, 0.717) is 34.1 Å². The van der Waals surface area contributed by atoms with Crippen molar-refractivity contribution in [3.8, 4) is 17.2 Å². The number of hydrogen-bond donors (Lipinski definition) is 0. The largest absolute Gasteiger partial charge is 0.497 e. The molecule has 0 N–H and O–H groups in total. The first-order valence-corrected chi connectivity index (χ1v) is 7.16. The molecule has 1 aromatic carbocycles. The fourth-order valence-corrected chi connectivity index (χ4v) is 2.21. The smallest absolute Gasteiger partial charge is 0.342 e. The number of nitrogens with zero attached hydrogens (tertiary/aromatic N) is 1. The normalized spacial score (nSPS) is 10.5. The summed E-state index contributed by atoms with van der Waals surface area (Å²) in [7, 11) is 5.92. The van der Waals surface area contributed by atoms with Gasteiger partial charge in [0.1, 0.15) is 28.5 Å². The van der Waals surface area contributed by atoms with Crippen LogP contribution in [0.1, 0.15) is 21.6 Å². The Morgan fingerprint density at radius 1 is 1.00 bits per heavy atom. The summed E-state index contributed by atoms with van der Waals surface area (Å²) in [5.74, 6) is 1.06. The zero-order valence-electron chi connectivity index (χ0n) is 14.0. The van der Waals surface area contributed by atoms with Crippen LogP contribution in [0.25, 0.3) is 12.2 Å². The molecule has 6 heteroatoms. The number of ether oxygens (including phenoxy) is 4. The topological polar surface area (TPSA) is 66.9 Å². The van der Waals surface area contributed by atoms with Gasteiger partial charge in [-0.1, -0.05) is 6.08 Å². The number of benzene rings is 1. The Bertz CT molecular complexity index is 755. The van der Waals surface area contributed by atoms with Crippen LogP contribution in [-0.4, -0.2) is 39.4 Å². The Morgan fingerprint density at radius 2 is 1.75 bits per heavy atom. The quantitative estimate of drug-likeness (QED) is 0.759. The van der Waals surface area contributed by atoms with E-state index in [1.807, 2.05) is 0 Å². The van der Waals surface area contributed by atoms with Gasteiger partial charge in [-0.05, 0) is 29.8 Å². The second-order valence-electron chi connectivity index (χ2n) is 4.71. The molecule has 0 aliphatic carbocycles. The lowest BCUT2D eigenvalue weighted by Crippen LogP contribution is -2.07. The molecule has 0 radical (unpaired) electrons. The van der Waals surface area contributed by atoms with Crippen molar-refractivity contribution in [3.05, 3.63) is 47.3 Å². The van der Waals surface area contributed by atoms with E-state index in [2.05, 4.69) is 4.98 Å². The Hall–Kier alpha value is -3.02. The summed E-state index contributed by atoms with van der Waals surface area (Å²) in [4.78, 5) is 16.4. The maximum absolute atomic E-state index is 12.1. The average Bonchev–Trinajstić information content (AvgIpc) is 2.64. The van der Waals surface area contributed by atoms with Crippen molar-refractivity contribution in [2.45, 2.75) is 0 Å². The fourth-order valence-electron chi connectivity index (χ4n) is 2.21. The predicted octanol–water partition coefficient (Wildman–Crippen LogP) is 3.06.